The van der Waals surface area contributed by atoms with Gasteiger partial charge in [-0.15, -0.1) is 0 Å². The summed E-state index contributed by atoms with van der Waals surface area (Å²) in [5, 5.41) is 14.0. The van der Waals surface area contributed by atoms with Crippen molar-refractivity contribution < 1.29 is 9.63 Å². The minimum absolute atomic E-state index is 0.00843. The van der Waals surface area contributed by atoms with Crippen molar-refractivity contribution >= 4 is 0 Å². The van der Waals surface area contributed by atoms with E-state index in [2.05, 4.69) is 30.0 Å². The standard InChI is InChI=1S/C17H28N2O2/c1-13(2)6-8-17(12-20)7-5-9-19(11-17)10-16-14(3)18-21-15(16)4/h6,20H,5,7-12H2,1-4H3/t17-/m1/s1. The van der Waals surface area contributed by atoms with E-state index in [0.29, 0.717) is 0 Å². The lowest BCUT2D eigenvalue weighted by atomic mass is 9.77. The molecule has 1 aromatic rings. The molecule has 1 aliphatic heterocycles. The van der Waals surface area contributed by atoms with Gasteiger partial charge in [0, 0.05) is 24.1 Å². The molecule has 21 heavy (non-hydrogen) atoms. The van der Waals surface area contributed by atoms with Crippen molar-refractivity contribution in [2.24, 2.45) is 5.41 Å². The summed E-state index contributed by atoms with van der Waals surface area (Å²) in [7, 11) is 0. The van der Waals surface area contributed by atoms with Crippen LogP contribution in [0.1, 0.15) is 50.1 Å². The van der Waals surface area contributed by atoms with Gasteiger partial charge in [-0.25, -0.2) is 0 Å². The normalized spacial score (nSPS) is 23.3. The van der Waals surface area contributed by atoms with Gasteiger partial charge in [0.15, 0.2) is 0 Å². The molecule has 0 spiro atoms. The van der Waals surface area contributed by atoms with E-state index in [4.69, 9.17) is 4.52 Å². The Morgan fingerprint density at radius 3 is 2.76 bits per heavy atom. The largest absolute Gasteiger partial charge is 0.396 e. The number of likely N-dealkylation sites (tertiary alicyclic amines) is 1. The van der Waals surface area contributed by atoms with Gasteiger partial charge in [-0.3, -0.25) is 4.90 Å². The summed E-state index contributed by atoms with van der Waals surface area (Å²) in [6.45, 7) is 11.4. The first-order chi connectivity index (χ1) is 9.96. The third-order valence-electron chi connectivity index (χ3n) is 4.58. The van der Waals surface area contributed by atoms with Gasteiger partial charge in [0.2, 0.25) is 0 Å². The maximum absolute atomic E-state index is 9.92. The predicted octanol–water partition coefficient (Wildman–Crippen LogP) is 3.22. The zero-order valence-electron chi connectivity index (χ0n) is 13.8. The van der Waals surface area contributed by atoms with Crippen molar-refractivity contribution in [3.05, 3.63) is 28.7 Å². The Bertz CT molecular complexity index is 483. The maximum Gasteiger partial charge on any atom is 0.138 e. The third-order valence-corrected chi connectivity index (χ3v) is 4.58. The quantitative estimate of drug-likeness (QED) is 0.847. The second-order valence-electron chi connectivity index (χ2n) is 6.76. The monoisotopic (exact) mass is 292 g/mol. The highest BCUT2D eigenvalue weighted by molar-refractivity contribution is 5.20. The summed E-state index contributed by atoms with van der Waals surface area (Å²) in [5.74, 6) is 0.914. The molecule has 1 fully saturated rings. The van der Waals surface area contributed by atoms with Crippen molar-refractivity contribution in [2.75, 3.05) is 19.7 Å². The number of nitrogens with zero attached hydrogens (tertiary/aromatic N) is 2. The van der Waals surface area contributed by atoms with Crippen LogP contribution in [0.5, 0.6) is 0 Å². The van der Waals surface area contributed by atoms with Crippen molar-refractivity contribution in [3.8, 4) is 0 Å². The Morgan fingerprint density at radius 1 is 1.43 bits per heavy atom. The number of allylic oxidation sites excluding steroid dienone is 2. The van der Waals surface area contributed by atoms with Crippen molar-refractivity contribution in [2.45, 2.75) is 53.5 Å². The summed E-state index contributed by atoms with van der Waals surface area (Å²) < 4.78 is 5.26. The van der Waals surface area contributed by atoms with E-state index in [1.165, 1.54) is 11.1 Å². The molecule has 0 radical (unpaired) electrons. The van der Waals surface area contributed by atoms with E-state index < -0.39 is 0 Å². The maximum atomic E-state index is 9.92. The topological polar surface area (TPSA) is 49.5 Å². The van der Waals surface area contributed by atoms with Crippen LogP contribution < -0.4 is 0 Å². The summed E-state index contributed by atoms with van der Waals surface area (Å²) >= 11 is 0. The fraction of sp³-hybridized carbons (Fsp3) is 0.706. The molecule has 118 valence electrons. The van der Waals surface area contributed by atoms with Gasteiger partial charge in [0.1, 0.15) is 5.76 Å². The highest BCUT2D eigenvalue weighted by Crippen LogP contribution is 2.35. The second-order valence-corrected chi connectivity index (χ2v) is 6.76. The van der Waals surface area contributed by atoms with Crippen LogP contribution in [-0.4, -0.2) is 34.9 Å². The van der Waals surface area contributed by atoms with Crippen LogP contribution in [0.25, 0.3) is 0 Å². The molecular formula is C17H28N2O2. The van der Waals surface area contributed by atoms with Crippen LogP contribution >= 0.6 is 0 Å². The molecule has 1 aliphatic rings. The Hall–Kier alpha value is -1.13. The summed E-state index contributed by atoms with van der Waals surface area (Å²) in [6.07, 6.45) is 5.46. The highest BCUT2D eigenvalue weighted by Gasteiger charge is 2.34. The van der Waals surface area contributed by atoms with Gasteiger partial charge < -0.3 is 9.63 Å². The number of piperidine rings is 1. The Kier molecular flexibility index (Phi) is 5.22. The average molecular weight is 292 g/mol. The van der Waals surface area contributed by atoms with E-state index in [-0.39, 0.29) is 12.0 Å². The van der Waals surface area contributed by atoms with Gasteiger partial charge in [0.05, 0.1) is 12.3 Å². The van der Waals surface area contributed by atoms with Crippen molar-refractivity contribution in [1.82, 2.24) is 10.1 Å². The van der Waals surface area contributed by atoms with Crippen LogP contribution in [0, 0.1) is 19.3 Å². The molecule has 1 aromatic heterocycles. The molecule has 2 rings (SSSR count). The van der Waals surface area contributed by atoms with E-state index in [0.717, 1.165) is 50.4 Å². The molecule has 0 amide bonds. The molecule has 0 aromatic carbocycles. The zero-order chi connectivity index (χ0) is 15.5. The van der Waals surface area contributed by atoms with Crippen LogP contribution in [0.3, 0.4) is 0 Å². The number of aliphatic hydroxyl groups is 1. The first-order valence-electron chi connectivity index (χ1n) is 7.84. The summed E-state index contributed by atoms with van der Waals surface area (Å²) in [4.78, 5) is 2.44. The minimum Gasteiger partial charge on any atom is -0.396 e. The molecule has 1 saturated heterocycles. The number of hydrogen-bond donors (Lipinski definition) is 1. The molecule has 0 bridgehead atoms. The lowest BCUT2D eigenvalue weighted by molar-refractivity contribution is 0.0305. The van der Waals surface area contributed by atoms with Crippen molar-refractivity contribution in [3.63, 3.8) is 0 Å². The van der Waals surface area contributed by atoms with E-state index in [1.807, 2.05) is 13.8 Å². The van der Waals surface area contributed by atoms with Crippen molar-refractivity contribution in [1.29, 1.82) is 0 Å². The molecule has 2 heterocycles. The Morgan fingerprint density at radius 2 is 2.19 bits per heavy atom. The predicted molar refractivity (Wildman–Crippen MR) is 84.1 cm³/mol. The van der Waals surface area contributed by atoms with Crippen LogP contribution in [0.4, 0.5) is 0 Å². The second kappa shape index (κ2) is 6.75. The minimum atomic E-state index is 0.00843. The van der Waals surface area contributed by atoms with E-state index >= 15 is 0 Å². The fourth-order valence-electron chi connectivity index (χ4n) is 3.18. The van der Waals surface area contributed by atoms with Gasteiger partial charge in [-0.05, 0) is 53.5 Å². The number of aromatic nitrogens is 1. The Labute approximate surface area is 127 Å². The lowest BCUT2D eigenvalue weighted by Gasteiger charge is -2.41. The molecule has 4 nitrogen and oxygen atoms in total. The van der Waals surface area contributed by atoms with E-state index in [1.54, 1.807) is 0 Å². The number of aliphatic hydroxyl groups excluding tert-OH is 1. The average Bonchev–Trinajstić information content (AvgIpc) is 2.77. The molecule has 0 saturated carbocycles. The molecular weight excluding hydrogens is 264 g/mol. The molecule has 4 heteroatoms. The first kappa shape index (κ1) is 16.2. The summed E-state index contributed by atoms with van der Waals surface area (Å²) in [5.41, 5.74) is 3.52. The smallest absolute Gasteiger partial charge is 0.138 e. The van der Waals surface area contributed by atoms with Gasteiger partial charge >= 0.3 is 0 Å². The molecule has 0 aliphatic carbocycles. The summed E-state index contributed by atoms with van der Waals surface area (Å²) in [6, 6.07) is 0. The zero-order valence-corrected chi connectivity index (χ0v) is 13.8. The van der Waals surface area contributed by atoms with Crippen LogP contribution in [0.15, 0.2) is 16.2 Å². The van der Waals surface area contributed by atoms with Gasteiger partial charge in [-0.1, -0.05) is 16.8 Å². The number of hydrogen-bond acceptors (Lipinski definition) is 4. The highest BCUT2D eigenvalue weighted by atomic mass is 16.5. The number of rotatable bonds is 5. The van der Waals surface area contributed by atoms with Crippen LogP contribution in [-0.2, 0) is 6.54 Å². The lowest BCUT2D eigenvalue weighted by Crippen LogP contribution is -2.44. The Balaban J connectivity index is 2.07. The first-order valence-corrected chi connectivity index (χ1v) is 7.84. The molecule has 1 N–H and O–H groups in total. The third kappa shape index (κ3) is 3.95. The molecule has 1 atom stereocenters. The van der Waals surface area contributed by atoms with E-state index in [9.17, 15) is 5.11 Å². The van der Waals surface area contributed by atoms with Gasteiger partial charge in [0.25, 0.3) is 0 Å². The fourth-order valence-corrected chi connectivity index (χ4v) is 3.18. The number of aryl methyl sites for hydroxylation is 2. The van der Waals surface area contributed by atoms with Crippen LogP contribution in [0.2, 0.25) is 0 Å². The SMILES string of the molecule is CC(C)=CC[C@]1(CO)CCCN(Cc2c(C)noc2C)C1. The van der Waals surface area contributed by atoms with Gasteiger partial charge in [-0.2, -0.15) is 0 Å². The molecule has 0 unspecified atom stereocenters.